The zero-order valence-electron chi connectivity index (χ0n) is 11.8. The number of aromatic nitrogens is 2. The van der Waals surface area contributed by atoms with Gasteiger partial charge in [0, 0.05) is 23.5 Å². The number of hydrogen-bond donors (Lipinski definition) is 2. The molecule has 0 aliphatic heterocycles. The lowest BCUT2D eigenvalue weighted by atomic mass is 10.0. The highest BCUT2D eigenvalue weighted by Gasteiger charge is 2.20. The van der Waals surface area contributed by atoms with E-state index in [1.807, 2.05) is 14.0 Å². The number of hydrogen-bond acceptors (Lipinski definition) is 3. The quantitative estimate of drug-likeness (QED) is 0.623. The third-order valence-electron chi connectivity index (χ3n) is 3.44. The minimum atomic E-state index is -0.379. The smallest absolute Gasteiger partial charge is 0.129 e. The van der Waals surface area contributed by atoms with Gasteiger partial charge in [-0.1, -0.05) is 40.5 Å². The molecule has 2 aromatic rings. The number of nitrogens with zero attached hydrogens (tertiary/aromatic N) is 2. The van der Waals surface area contributed by atoms with Crippen LogP contribution in [0.5, 0.6) is 0 Å². The first kappa shape index (κ1) is 16.4. The van der Waals surface area contributed by atoms with Gasteiger partial charge in [-0.05, 0) is 18.6 Å². The standard InChI is InChI=1S/C14H17BrClFN4/c1-3-11-14(16)13(21(2)20-11)7-12(19-18)9-5-4-8(15)6-10(9)17/h4-6,12,19H,3,7,18H2,1-2H3. The molecule has 1 unspecified atom stereocenters. The summed E-state index contributed by atoms with van der Waals surface area (Å²) in [6, 6.07) is 4.53. The van der Waals surface area contributed by atoms with Crippen molar-refractivity contribution in [2.75, 3.05) is 0 Å². The van der Waals surface area contributed by atoms with Gasteiger partial charge in [-0.25, -0.2) is 4.39 Å². The fourth-order valence-electron chi connectivity index (χ4n) is 2.28. The molecule has 0 amide bonds. The molecule has 2 rings (SSSR count). The van der Waals surface area contributed by atoms with Crippen molar-refractivity contribution in [1.29, 1.82) is 0 Å². The SMILES string of the molecule is CCc1nn(C)c(CC(NN)c2ccc(Br)cc2F)c1Cl. The van der Waals surface area contributed by atoms with Crippen molar-refractivity contribution in [2.45, 2.75) is 25.8 Å². The lowest BCUT2D eigenvalue weighted by Crippen LogP contribution is -2.30. The van der Waals surface area contributed by atoms with Crippen LogP contribution in [0.2, 0.25) is 5.02 Å². The summed E-state index contributed by atoms with van der Waals surface area (Å²) in [5.74, 6) is 5.28. The minimum Gasteiger partial charge on any atom is -0.271 e. The van der Waals surface area contributed by atoms with Crippen molar-refractivity contribution in [1.82, 2.24) is 15.2 Å². The summed E-state index contributed by atoms with van der Waals surface area (Å²) in [4.78, 5) is 0. The van der Waals surface area contributed by atoms with Gasteiger partial charge in [-0.3, -0.25) is 16.0 Å². The molecule has 1 atom stereocenters. The van der Waals surface area contributed by atoms with Gasteiger partial charge < -0.3 is 0 Å². The van der Waals surface area contributed by atoms with E-state index in [-0.39, 0.29) is 11.9 Å². The van der Waals surface area contributed by atoms with E-state index in [2.05, 4.69) is 26.5 Å². The summed E-state index contributed by atoms with van der Waals surface area (Å²) in [6.45, 7) is 1.99. The molecular weight excluding hydrogens is 359 g/mol. The molecule has 4 nitrogen and oxygen atoms in total. The number of aryl methyl sites for hydroxylation is 2. The van der Waals surface area contributed by atoms with Gasteiger partial charge in [0.25, 0.3) is 0 Å². The van der Waals surface area contributed by atoms with Gasteiger partial charge in [0.2, 0.25) is 0 Å². The summed E-state index contributed by atoms with van der Waals surface area (Å²) in [6.07, 6.45) is 1.21. The number of nitrogens with one attached hydrogen (secondary N) is 1. The van der Waals surface area contributed by atoms with Crippen LogP contribution >= 0.6 is 27.5 Å². The third-order valence-corrected chi connectivity index (χ3v) is 4.37. The number of rotatable bonds is 5. The van der Waals surface area contributed by atoms with Crippen LogP contribution in [0.25, 0.3) is 0 Å². The molecule has 0 aliphatic rings. The van der Waals surface area contributed by atoms with Crippen LogP contribution in [-0.4, -0.2) is 9.78 Å². The van der Waals surface area contributed by atoms with Gasteiger partial charge in [-0.15, -0.1) is 0 Å². The molecule has 3 N–H and O–H groups in total. The summed E-state index contributed by atoms with van der Waals surface area (Å²) < 4.78 is 16.5. The second kappa shape index (κ2) is 6.87. The van der Waals surface area contributed by atoms with Gasteiger partial charge in [0.1, 0.15) is 5.82 Å². The lowest BCUT2D eigenvalue weighted by Gasteiger charge is -2.17. The zero-order chi connectivity index (χ0) is 15.6. The van der Waals surface area contributed by atoms with Gasteiger partial charge in [-0.2, -0.15) is 5.10 Å². The normalized spacial score (nSPS) is 12.7. The highest BCUT2D eigenvalue weighted by atomic mass is 79.9. The molecule has 0 aliphatic carbocycles. The largest absolute Gasteiger partial charge is 0.271 e. The summed E-state index contributed by atoms with van der Waals surface area (Å²) in [5, 5.41) is 4.98. The molecule has 0 bridgehead atoms. The first-order valence-corrected chi connectivity index (χ1v) is 7.76. The number of halogens is 3. The van der Waals surface area contributed by atoms with E-state index in [4.69, 9.17) is 17.4 Å². The average molecular weight is 376 g/mol. The molecule has 1 aromatic heterocycles. The maximum atomic E-state index is 14.1. The van der Waals surface area contributed by atoms with E-state index in [1.165, 1.54) is 6.07 Å². The number of hydrazine groups is 1. The van der Waals surface area contributed by atoms with Crippen LogP contribution < -0.4 is 11.3 Å². The maximum absolute atomic E-state index is 14.1. The Morgan fingerprint density at radius 2 is 2.24 bits per heavy atom. The predicted molar refractivity (Wildman–Crippen MR) is 85.5 cm³/mol. The highest BCUT2D eigenvalue weighted by Crippen LogP contribution is 2.28. The third kappa shape index (κ3) is 3.45. The van der Waals surface area contributed by atoms with Crippen LogP contribution in [0.1, 0.15) is 29.9 Å². The van der Waals surface area contributed by atoms with E-state index in [9.17, 15) is 4.39 Å². The Hall–Kier alpha value is -0.950. The Labute approximate surface area is 136 Å². The second-order valence-corrected chi connectivity index (χ2v) is 6.07. The summed E-state index contributed by atoms with van der Waals surface area (Å²) >= 11 is 9.57. The Bertz CT molecular complexity index is 644. The molecule has 114 valence electrons. The van der Waals surface area contributed by atoms with E-state index in [0.717, 1.165) is 17.8 Å². The van der Waals surface area contributed by atoms with E-state index >= 15 is 0 Å². The molecule has 0 radical (unpaired) electrons. The first-order valence-electron chi connectivity index (χ1n) is 6.59. The monoisotopic (exact) mass is 374 g/mol. The van der Waals surface area contributed by atoms with Crippen LogP contribution in [0.3, 0.4) is 0 Å². The van der Waals surface area contributed by atoms with Gasteiger partial charge in [0.15, 0.2) is 0 Å². The molecular formula is C14H17BrClFN4. The van der Waals surface area contributed by atoms with Crippen molar-refractivity contribution in [3.8, 4) is 0 Å². The van der Waals surface area contributed by atoms with Crippen molar-refractivity contribution in [2.24, 2.45) is 12.9 Å². The summed E-state index contributed by atoms with van der Waals surface area (Å²) in [5.41, 5.74) is 4.82. The molecule has 0 fully saturated rings. The fraction of sp³-hybridized carbons (Fsp3) is 0.357. The molecule has 0 saturated carbocycles. The van der Waals surface area contributed by atoms with E-state index < -0.39 is 0 Å². The van der Waals surface area contributed by atoms with Crippen LogP contribution in [0.4, 0.5) is 4.39 Å². The predicted octanol–water partition coefficient (Wildman–Crippen LogP) is 3.28. The van der Waals surface area contributed by atoms with Gasteiger partial charge in [0.05, 0.1) is 22.5 Å². The minimum absolute atomic E-state index is 0.318. The van der Waals surface area contributed by atoms with Crippen LogP contribution in [-0.2, 0) is 19.9 Å². The first-order chi connectivity index (χ1) is 9.97. The average Bonchev–Trinajstić information content (AvgIpc) is 2.72. The number of nitrogens with two attached hydrogens (primary N) is 1. The van der Waals surface area contributed by atoms with Crippen LogP contribution in [0, 0.1) is 5.82 Å². The van der Waals surface area contributed by atoms with E-state index in [1.54, 1.807) is 16.8 Å². The zero-order valence-corrected chi connectivity index (χ0v) is 14.2. The Kier molecular flexibility index (Phi) is 5.37. The van der Waals surface area contributed by atoms with Crippen molar-refractivity contribution >= 4 is 27.5 Å². The molecule has 0 spiro atoms. The molecule has 0 saturated heterocycles. The molecule has 21 heavy (non-hydrogen) atoms. The van der Waals surface area contributed by atoms with Crippen molar-refractivity contribution in [3.05, 3.63) is 50.5 Å². The van der Waals surface area contributed by atoms with Gasteiger partial charge >= 0.3 is 0 Å². The van der Waals surface area contributed by atoms with Crippen LogP contribution in [0.15, 0.2) is 22.7 Å². The van der Waals surface area contributed by atoms with Crippen molar-refractivity contribution in [3.63, 3.8) is 0 Å². The Morgan fingerprint density at radius 3 is 2.76 bits per heavy atom. The van der Waals surface area contributed by atoms with Crippen molar-refractivity contribution < 1.29 is 4.39 Å². The molecule has 1 heterocycles. The number of benzene rings is 1. The maximum Gasteiger partial charge on any atom is 0.129 e. The lowest BCUT2D eigenvalue weighted by molar-refractivity contribution is 0.497. The second-order valence-electron chi connectivity index (χ2n) is 4.77. The Morgan fingerprint density at radius 1 is 1.52 bits per heavy atom. The topological polar surface area (TPSA) is 55.9 Å². The highest BCUT2D eigenvalue weighted by molar-refractivity contribution is 9.10. The molecule has 7 heteroatoms. The molecule has 1 aromatic carbocycles. The fourth-order valence-corrected chi connectivity index (χ4v) is 2.98. The summed E-state index contributed by atoms with van der Waals surface area (Å²) in [7, 11) is 1.83. The van der Waals surface area contributed by atoms with E-state index in [0.29, 0.717) is 21.5 Å². The Balaban J connectivity index is 2.33.